The van der Waals surface area contributed by atoms with Crippen molar-refractivity contribution >= 4 is 18.1 Å². The molecule has 1 aromatic carbocycles. The summed E-state index contributed by atoms with van der Waals surface area (Å²) in [5.74, 6) is 0. The van der Waals surface area contributed by atoms with Crippen LogP contribution in [-0.2, 0) is 12.4 Å². The zero-order valence-corrected chi connectivity index (χ0v) is 19.8. The van der Waals surface area contributed by atoms with Crippen molar-refractivity contribution in [2.45, 2.75) is 58.1 Å². The number of nitrogens with zero attached hydrogens (tertiary/aromatic N) is 2. The van der Waals surface area contributed by atoms with Gasteiger partial charge in [0.25, 0.3) is 0 Å². The molecule has 34 heavy (non-hydrogen) atoms. The highest BCUT2D eigenvalue weighted by atomic mass is 35.5. The Kier molecular flexibility index (Phi) is 11.6. The molecule has 11 heteroatoms. The molecule has 0 aliphatic carbocycles. The van der Waals surface area contributed by atoms with Gasteiger partial charge in [-0.05, 0) is 44.1 Å². The molecule has 4 nitrogen and oxygen atoms in total. The van der Waals surface area contributed by atoms with Gasteiger partial charge in [0.05, 0.1) is 11.3 Å². The molecule has 0 saturated carbocycles. The van der Waals surface area contributed by atoms with Crippen LogP contribution in [0.25, 0.3) is 11.3 Å². The number of pyridine rings is 1. The summed E-state index contributed by atoms with van der Waals surface area (Å²) in [6.07, 6.45) is -7.14. The first-order valence-corrected chi connectivity index (χ1v) is 10.9. The van der Waals surface area contributed by atoms with Crippen molar-refractivity contribution in [1.29, 1.82) is 0 Å². The summed E-state index contributed by atoms with van der Waals surface area (Å²) >= 11 is 0. The Labute approximate surface area is 201 Å². The van der Waals surface area contributed by atoms with Gasteiger partial charge in [0.15, 0.2) is 0 Å². The third kappa shape index (κ3) is 8.96. The fraction of sp³-hybridized carbons (Fsp3) is 0.522. The average Bonchev–Trinajstić information content (AvgIpc) is 2.74. The molecule has 2 N–H and O–H groups in total. The zero-order chi connectivity index (χ0) is 24.6. The smallest absolute Gasteiger partial charge is 0.372 e. The van der Waals surface area contributed by atoms with Crippen molar-refractivity contribution in [1.82, 2.24) is 9.88 Å². The van der Waals surface area contributed by atoms with E-state index in [1.165, 1.54) is 6.07 Å². The number of aromatic nitrogens is 1. The molecule has 0 spiro atoms. The van der Waals surface area contributed by atoms with Crippen molar-refractivity contribution in [3.05, 3.63) is 47.7 Å². The van der Waals surface area contributed by atoms with Crippen LogP contribution in [0.2, 0.25) is 0 Å². The van der Waals surface area contributed by atoms with Gasteiger partial charge < -0.3 is 10.4 Å². The summed E-state index contributed by atoms with van der Waals surface area (Å²) in [6.45, 7) is 5.68. The molecule has 2 rings (SSSR count). The molecule has 192 valence electrons. The quantitative estimate of drug-likeness (QED) is 0.255. The highest BCUT2D eigenvalue weighted by molar-refractivity contribution is 5.85. The van der Waals surface area contributed by atoms with E-state index < -0.39 is 41.1 Å². The molecule has 0 radical (unpaired) electrons. The van der Waals surface area contributed by atoms with Gasteiger partial charge in [-0.3, -0.25) is 4.90 Å². The van der Waals surface area contributed by atoms with Crippen LogP contribution in [0.15, 0.2) is 36.4 Å². The van der Waals surface area contributed by atoms with Crippen molar-refractivity contribution in [2.24, 2.45) is 0 Å². The first kappa shape index (κ1) is 30.0. The third-order valence-corrected chi connectivity index (χ3v) is 5.04. The normalized spacial score (nSPS) is 13.0. The molecule has 0 aliphatic rings. The minimum Gasteiger partial charge on any atom is -0.372 e. The van der Waals surface area contributed by atoms with E-state index in [1.54, 1.807) is 0 Å². The lowest BCUT2D eigenvalue weighted by molar-refractivity contribution is -0.141. The summed E-state index contributed by atoms with van der Waals surface area (Å²) in [7, 11) is 0. The predicted molar refractivity (Wildman–Crippen MR) is 123 cm³/mol. The van der Waals surface area contributed by atoms with Gasteiger partial charge in [-0.25, -0.2) is 4.98 Å². The van der Waals surface area contributed by atoms with E-state index in [4.69, 9.17) is 0 Å². The second-order valence-corrected chi connectivity index (χ2v) is 7.84. The average molecular weight is 514 g/mol. The Morgan fingerprint density at radius 3 is 2.06 bits per heavy atom. The summed E-state index contributed by atoms with van der Waals surface area (Å²) in [5, 5.41) is 13.1. The Morgan fingerprint density at radius 2 is 1.53 bits per heavy atom. The number of aliphatic hydroxyl groups excluding tert-OH is 1. The highest BCUT2D eigenvalue weighted by Gasteiger charge is 2.36. The van der Waals surface area contributed by atoms with Gasteiger partial charge in [0.2, 0.25) is 0 Å². The first-order chi connectivity index (χ1) is 15.5. The molecular weight excluding hydrogens is 484 g/mol. The summed E-state index contributed by atoms with van der Waals surface area (Å²) < 4.78 is 80.6. The molecule has 0 amide bonds. The van der Waals surface area contributed by atoms with Crippen LogP contribution in [0, 0.1) is 0 Å². The van der Waals surface area contributed by atoms with Gasteiger partial charge in [0.1, 0.15) is 11.9 Å². The number of aliphatic hydroxyl groups is 1. The van der Waals surface area contributed by atoms with Crippen LogP contribution in [0.4, 0.5) is 32.0 Å². The van der Waals surface area contributed by atoms with E-state index in [0.717, 1.165) is 63.0 Å². The number of anilines is 1. The Bertz CT molecular complexity index is 884. The molecule has 0 saturated heterocycles. The molecule has 1 unspecified atom stereocenters. The van der Waals surface area contributed by atoms with Gasteiger partial charge in [-0.2, -0.15) is 26.3 Å². The fourth-order valence-electron chi connectivity index (χ4n) is 3.39. The molecular formula is C23H30ClF6N3O. The number of alkyl halides is 6. The van der Waals surface area contributed by atoms with Crippen LogP contribution in [0.1, 0.15) is 50.8 Å². The third-order valence-electron chi connectivity index (χ3n) is 5.04. The molecule has 1 heterocycles. The molecule has 0 aliphatic heterocycles. The lowest BCUT2D eigenvalue weighted by Crippen LogP contribution is -2.38. The van der Waals surface area contributed by atoms with E-state index in [-0.39, 0.29) is 24.6 Å². The number of rotatable bonds is 11. The highest BCUT2D eigenvalue weighted by Crippen LogP contribution is 2.38. The maximum Gasteiger partial charge on any atom is 0.433 e. The van der Waals surface area contributed by atoms with Crippen molar-refractivity contribution in [3.63, 3.8) is 0 Å². The standard InChI is InChI=1S/C23H29F6N3O.ClH/c1-3-5-11-32(12-6-4-2)15-21(33)30-16-13-19(31-20(14-16)23(27,28)29)17-9-7-8-10-18(17)22(24,25)26;/h7-10,13-14,21,33H,3-6,11-12,15H2,1-2H3,(H,30,31);1H. The number of hydrogen-bond donors (Lipinski definition) is 2. The van der Waals surface area contributed by atoms with Crippen LogP contribution in [0.5, 0.6) is 0 Å². The SMILES string of the molecule is CCCCN(CCCC)CC(O)Nc1cc(-c2ccccc2C(F)(F)F)nc(C(F)(F)F)c1.Cl. The summed E-state index contributed by atoms with van der Waals surface area (Å²) in [6, 6.07) is 6.09. The summed E-state index contributed by atoms with van der Waals surface area (Å²) in [4.78, 5) is 5.45. The van der Waals surface area contributed by atoms with Crippen LogP contribution in [0.3, 0.4) is 0 Å². The minimum atomic E-state index is -4.88. The lowest BCUT2D eigenvalue weighted by Gasteiger charge is -2.26. The maximum atomic E-state index is 13.4. The molecule has 0 fully saturated rings. The topological polar surface area (TPSA) is 48.4 Å². The van der Waals surface area contributed by atoms with E-state index >= 15 is 0 Å². The molecule has 1 aromatic heterocycles. The summed E-state index contributed by atoms with van der Waals surface area (Å²) in [5.41, 5.74) is -3.56. The minimum absolute atomic E-state index is 0. The van der Waals surface area contributed by atoms with E-state index in [1.807, 2.05) is 18.7 Å². The van der Waals surface area contributed by atoms with Crippen molar-refractivity contribution in [3.8, 4) is 11.3 Å². The monoisotopic (exact) mass is 513 g/mol. The van der Waals surface area contributed by atoms with Gasteiger partial charge in [-0.1, -0.05) is 44.9 Å². The van der Waals surface area contributed by atoms with Crippen LogP contribution >= 0.6 is 12.4 Å². The van der Waals surface area contributed by atoms with Gasteiger partial charge in [-0.15, -0.1) is 12.4 Å². The number of benzene rings is 1. The fourth-order valence-corrected chi connectivity index (χ4v) is 3.39. The first-order valence-electron chi connectivity index (χ1n) is 10.9. The van der Waals surface area contributed by atoms with Crippen molar-refractivity contribution in [2.75, 3.05) is 25.0 Å². The number of nitrogens with one attached hydrogen (secondary N) is 1. The van der Waals surface area contributed by atoms with Crippen molar-refractivity contribution < 1.29 is 31.4 Å². The van der Waals surface area contributed by atoms with Gasteiger partial charge >= 0.3 is 12.4 Å². The predicted octanol–water partition coefficient (Wildman–Crippen LogP) is 6.84. The lowest BCUT2D eigenvalue weighted by atomic mass is 10.0. The number of unbranched alkanes of at least 4 members (excludes halogenated alkanes) is 2. The van der Waals surface area contributed by atoms with Crippen LogP contribution in [-0.4, -0.2) is 40.9 Å². The van der Waals surface area contributed by atoms with Crippen LogP contribution < -0.4 is 5.32 Å². The Balaban J connectivity index is 0.00000578. The second-order valence-electron chi connectivity index (χ2n) is 7.84. The largest absolute Gasteiger partial charge is 0.433 e. The molecule has 0 bridgehead atoms. The number of halogens is 7. The second kappa shape index (κ2) is 13.2. The number of hydrogen-bond acceptors (Lipinski definition) is 4. The van der Waals surface area contributed by atoms with Gasteiger partial charge in [0, 0.05) is 17.8 Å². The molecule has 2 aromatic rings. The maximum absolute atomic E-state index is 13.4. The van der Waals surface area contributed by atoms with E-state index in [2.05, 4.69) is 10.3 Å². The van der Waals surface area contributed by atoms with E-state index in [0.29, 0.717) is 6.07 Å². The Morgan fingerprint density at radius 1 is 0.941 bits per heavy atom. The molecule has 1 atom stereocenters. The Hall–Kier alpha value is -2.04. The van der Waals surface area contributed by atoms with E-state index in [9.17, 15) is 31.4 Å². The zero-order valence-electron chi connectivity index (χ0n) is 19.0.